The zero-order chi connectivity index (χ0) is 14.4. The maximum atomic E-state index is 6.11. The van der Waals surface area contributed by atoms with Crippen LogP contribution in [-0.2, 0) is 17.7 Å². The van der Waals surface area contributed by atoms with E-state index in [0.717, 1.165) is 17.1 Å². The zero-order valence-electron chi connectivity index (χ0n) is 11.7. The lowest BCUT2D eigenvalue weighted by Gasteiger charge is -2.12. The van der Waals surface area contributed by atoms with Crippen molar-refractivity contribution in [1.82, 2.24) is 15.0 Å². The first-order valence-electron chi connectivity index (χ1n) is 6.41. The van der Waals surface area contributed by atoms with Crippen LogP contribution >= 0.6 is 11.6 Å². The minimum Gasteiger partial charge on any atom is -0.383 e. The van der Waals surface area contributed by atoms with Gasteiger partial charge in [-0.15, -0.1) is 0 Å². The van der Waals surface area contributed by atoms with E-state index in [0.29, 0.717) is 31.3 Å². The lowest BCUT2D eigenvalue weighted by molar-refractivity contribution is 0.152. The summed E-state index contributed by atoms with van der Waals surface area (Å²) in [4.78, 5) is 6.44. The van der Waals surface area contributed by atoms with Gasteiger partial charge in [0.25, 0.3) is 0 Å². The number of methoxy groups -OCH3 is 1. The molecule has 6 heteroatoms. The van der Waals surface area contributed by atoms with Gasteiger partial charge in [0, 0.05) is 25.1 Å². The van der Waals surface area contributed by atoms with Crippen molar-refractivity contribution in [2.45, 2.75) is 13.0 Å². The Balaban J connectivity index is 1.94. The first-order valence-corrected chi connectivity index (χ1v) is 6.79. The van der Waals surface area contributed by atoms with Crippen molar-refractivity contribution >= 4 is 11.6 Å². The number of aromatic nitrogens is 2. The van der Waals surface area contributed by atoms with E-state index in [1.54, 1.807) is 7.11 Å². The monoisotopic (exact) mass is 295 g/mol. The first kappa shape index (κ1) is 15.0. The number of ether oxygens (including phenoxy) is 1. The van der Waals surface area contributed by atoms with E-state index in [9.17, 15) is 0 Å². The van der Waals surface area contributed by atoms with Crippen molar-refractivity contribution in [2.24, 2.45) is 0 Å². The molecule has 0 aliphatic carbocycles. The van der Waals surface area contributed by atoms with Crippen LogP contribution in [0.25, 0.3) is 0 Å². The number of nitrogens with zero attached hydrogens (tertiary/aromatic N) is 3. The summed E-state index contributed by atoms with van der Waals surface area (Å²) in [5.74, 6) is 1.25. The van der Waals surface area contributed by atoms with Crippen LogP contribution in [0.2, 0.25) is 5.02 Å². The van der Waals surface area contributed by atoms with Gasteiger partial charge >= 0.3 is 0 Å². The Labute approximate surface area is 123 Å². The second kappa shape index (κ2) is 7.38. The Kier molecular flexibility index (Phi) is 5.52. The Bertz CT molecular complexity index is 545. The molecule has 1 aromatic carbocycles. The fourth-order valence-corrected chi connectivity index (χ4v) is 2.00. The molecule has 0 spiro atoms. The molecule has 0 saturated heterocycles. The second-order valence-electron chi connectivity index (χ2n) is 4.60. The van der Waals surface area contributed by atoms with Crippen LogP contribution in [0.3, 0.4) is 0 Å². The summed E-state index contributed by atoms with van der Waals surface area (Å²) in [5, 5.41) is 4.70. The van der Waals surface area contributed by atoms with Crippen LogP contribution < -0.4 is 0 Å². The zero-order valence-corrected chi connectivity index (χ0v) is 12.4. The number of rotatable bonds is 7. The highest BCUT2D eigenvalue weighted by molar-refractivity contribution is 6.31. The first-order chi connectivity index (χ1) is 9.69. The van der Waals surface area contributed by atoms with Crippen molar-refractivity contribution in [3.63, 3.8) is 0 Å². The van der Waals surface area contributed by atoms with Crippen LogP contribution in [0.5, 0.6) is 0 Å². The van der Waals surface area contributed by atoms with Crippen LogP contribution in [0.4, 0.5) is 0 Å². The number of benzene rings is 1. The summed E-state index contributed by atoms with van der Waals surface area (Å²) in [5.41, 5.74) is 0.995. The molecular weight excluding hydrogens is 278 g/mol. The molecule has 2 rings (SSSR count). The average molecular weight is 296 g/mol. The summed E-state index contributed by atoms with van der Waals surface area (Å²) in [6.07, 6.45) is 0.574. The van der Waals surface area contributed by atoms with Crippen LogP contribution in [0, 0.1) is 0 Å². The molecule has 0 amide bonds. The van der Waals surface area contributed by atoms with Crippen molar-refractivity contribution in [3.05, 3.63) is 46.6 Å². The van der Waals surface area contributed by atoms with Gasteiger partial charge in [-0.2, -0.15) is 4.98 Å². The van der Waals surface area contributed by atoms with Crippen molar-refractivity contribution in [3.8, 4) is 0 Å². The Hall–Kier alpha value is -1.43. The highest BCUT2D eigenvalue weighted by Gasteiger charge is 2.10. The van der Waals surface area contributed by atoms with Gasteiger partial charge in [0.1, 0.15) is 0 Å². The summed E-state index contributed by atoms with van der Waals surface area (Å²) in [6.45, 7) is 2.11. The van der Waals surface area contributed by atoms with Gasteiger partial charge < -0.3 is 9.26 Å². The Morgan fingerprint density at radius 1 is 1.35 bits per heavy atom. The fourth-order valence-electron chi connectivity index (χ4n) is 1.80. The van der Waals surface area contributed by atoms with Crippen molar-refractivity contribution < 1.29 is 9.26 Å². The highest BCUT2D eigenvalue weighted by atomic mass is 35.5. The molecule has 5 nitrogen and oxygen atoms in total. The molecule has 0 aliphatic heterocycles. The predicted molar refractivity (Wildman–Crippen MR) is 76.8 cm³/mol. The van der Waals surface area contributed by atoms with Gasteiger partial charge in [-0.3, -0.25) is 4.90 Å². The molecule has 20 heavy (non-hydrogen) atoms. The van der Waals surface area contributed by atoms with E-state index in [1.807, 2.05) is 31.3 Å². The normalized spacial score (nSPS) is 11.2. The van der Waals surface area contributed by atoms with Gasteiger partial charge in [0.05, 0.1) is 13.2 Å². The van der Waals surface area contributed by atoms with Gasteiger partial charge in [0.15, 0.2) is 5.82 Å². The van der Waals surface area contributed by atoms with Crippen LogP contribution in [0.1, 0.15) is 17.3 Å². The SMILES string of the molecule is COCCN(C)Cc1nc(Cc2ccccc2Cl)no1. The van der Waals surface area contributed by atoms with E-state index in [2.05, 4.69) is 15.0 Å². The minimum atomic E-state index is 0.574. The number of likely N-dealkylation sites (N-methyl/N-ethyl adjacent to an activating group) is 1. The molecule has 0 saturated carbocycles. The second-order valence-corrected chi connectivity index (χ2v) is 5.01. The van der Waals surface area contributed by atoms with E-state index >= 15 is 0 Å². The van der Waals surface area contributed by atoms with Crippen LogP contribution in [0.15, 0.2) is 28.8 Å². The largest absolute Gasteiger partial charge is 0.383 e. The molecule has 1 heterocycles. The third-order valence-electron chi connectivity index (χ3n) is 2.90. The molecule has 0 unspecified atom stereocenters. The lowest BCUT2D eigenvalue weighted by atomic mass is 10.1. The number of halogens is 1. The summed E-state index contributed by atoms with van der Waals surface area (Å²) < 4.78 is 10.3. The molecule has 0 fully saturated rings. The Morgan fingerprint density at radius 2 is 2.15 bits per heavy atom. The molecule has 0 radical (unpaired) electrons. The van der Waals surface area contributed by atoms with E-state index in [-0.39, 0.29) is 0 Å². The van der Waals surface area contributed by atoms with E-state index < -0.39 is 0 Å². The van der Waals surface area contributed by atoms with E-state index in [1.165, 1.54) is 0 Å². The van der Waals surface area contributed by atoms with Crippen molar-refractivity contribution in [1.29, 1.82) is 0 Å². The average Bonchev–Trinajstić information content (AvgIpc) is 2.86. The molecule has 0 atom stereocenters. The molecule has 1 aromatic heterocycles. The van der Waals surface area contributed by atoms with Crippen LogP contribution in [-0.4, -0.2) is 42.3 Å². The smallest absolute Gasteiger partial charge is 0.240 e. The third kappa shape index (κ3) is 4.30. The summed E-state index contributed by atoms with van der Waals surface area (Å²) in [6, 6.07) is 7.67. The van der Waals surface area contributed by atoms with Gasteiger partial charge in [-0.1, -0.05) is 35.0 Å². The minimum absolute atomic E-state index is 0.574. The number of hydrogen-bond donors (Lipinski definition) is 0. The van der Waals surface area contributed by atoms with Gasteiger partial charge in [-0.25, -0.2) is 0 Å². The summed E-state index contributed by atoms with van der Waals surface area (Å²) >= 11 is 6.11. The standard InChI is InChI=1S/C14H18ClN3O2/c1-18(7-8-19-2)10-14-16-13(17-20-14)9-11-5-3-4-6-12(11)15/h3-6H,7-10H2,1-2H3. The molecule has 0 bridgehead atoms. The fraction of sp³-hybridized carbons (Fsp3) is 0.429. The van der Waals surface area contributed by atoms with Crippen molar-refractivity contribution in [2.75, 3.05) is 27.3 Å². The third-order valence-corrected chi connectivity index (χ3v) is 3.27. The predicted octanol–water partition coefficient (Wildman–Crippen LogP) is 2.39. The maximum absolute atomic E-state index is 6.11. The van der Waals surface area contributed by atoms with E-state index in [4.69, 9.17) is 20.9 Å². The van der Waals surface area contributed by atoms with Gasteiger partial charge in [0.2, 0.25) is 5.89 Å². The maximum Gasteiger partial charge on any atom is 0.240 e. The molecular formula is C14H18ClN3O2. The molecule has 2 aromatic rings. The molecule has 108 valence electrons. The quantitative estimate of drug-likeness (QED) is 0.785. The summed E-state index contributed by atoms with van der Waals surface area (Å²) in [7, 11) is 3.67. The molecule has 0 N–H and O–H groups in total. The molecule has 0 aliphatic rings. The number of hydrogen-bond acceptors (Lipinski definition) is 5. The van der Waals surface area contributed by atoms with Gasteiger partial charge in [-0.05, 0) is 18.7 Å². The topological polar surface area (TPSA) is 51.4 Å². The Morgan fingerprint density at radius 3 is 2.90 bits per heavy atom. The highest BCUT2D eigenvalue weighted by Crippen LogP contribution is 2.17. The lowest BCUT2D eigenvalue weighted by Crippen LogP contribution is -2.22.